The molecular weight excluding hydrogens is 232 g/mol. The highest BCUT2D eigenvalue weighted by molar-refractivity contribution is 4.94. The summed E-state index contributed by atoms with van der Waals surface area (Å²) >= 11 is 0. The number of hydrogen-bond donors (Lipinski definition) is 1. The predicted molar refractivity (Wildman–Crippen MR) is 81.4 cm³/mol. The summed E-state index contributed by atoms with van der Waals surface area (Å²) in [6, 6.07) is 0.918. The fourth-order valence-corrected chi connectivity index (χ4v) is 4.85. The van der Waals surface area contributed by atoms with Crippen LogP contribution >= 0.6 is 0 Å². The highest BCUT2D eigenvalue weighted by atomic mass is 15.2. The second-order valence-corrected chi connectivity index (χ2v) is 7.44. The molecule has 1 N–H and O–H groups in total. The molecule has 3 fully saturated rings. The summed E-state index contributed by atoms with van der Waals surface area (Å²) in [4.78, 5) is 2.88. The van der Waals surface area contributed by atoms with Crippen LogP contribution in [0.15, 0.2) is 0 Å². The smallest absolute Gasteiger partial charge is 0.00957 e. The lowest BCUT2D eigenvalue weighted by atomic mass is 9.73. The van der Waals surface area contributed by atoms with Gasteiger partial charge >= 0.3 is 0 Å². The Hall–Kier alpha value is -0.0800. The third-order valence-corrected chi connectivity index (χ3v) is 6.16. The average Bonchev–Trinajstić information content (AvgIpc) is 2.48. The van der Waals surface area contributed by atoms with Crippen molar-refractivity contribution in [3.63, 3.8) is 0 Å². The van der Waals surface area contributed by atoms with E-state index in [2.05, 4.69) is 17.1 Å². The van der Waals surface area contributed by atoms with Crippen LogP contribution in [0.1, 0.15) is 64.7 Å². The van der Waals surface area contributed by atoms with Crippen LogP contribution < -0.4 is 5.32 Å². The summed E-state index contributed by atoms with van der Waals surface area (Å²) in [7, 11) is 0. The molecule has 1 unspecified atom stereocenters. The van der Waals surface area contributed by atoms with Crippen LogP contribution in [0.4, 0.5) is 0 Å². The van der Waals surface area contributed by atoms with Crippen LogP contribution in [-0.4, -0.2) is 37.1 Å². The summed E-state index contributed by atoms with van der Waals surface area (Å²) in [5, 5.41) is 3.66. The van der Waals surface area contributed by atoms with Crippen molar-refractivity contribution < 1.29 is 0 Å². The van der Waals surface area contributed by atoms with Crippen molar-refractivity contribution in [1.29, 1.82) is 0 Å². The molecule has 19 heavy (non-hydrogen) atoms. The van der Waals surface area contributed by atoms with E-state index in [0.29, 0.717) is 5.41 Å². The number of hydrogen-bond acceptors (Lipinski definition) is 2. The number of likely N-dealkylation sites (tertiary alicyclic amines) is 1. The topological polar surface area (TPSA) is 15.3 Å². The lowest BCUT2D eigenvalue weighted by molar-refractivity contribution is 0.0214. The summed E-state index contributed by atoms with van der Waals surface area (Å²) < 4.78 is 0. The molecule has 3 rings (SSSR count). The number of rotatable bonds is 2. The van der Waals surface area contributed by atoms with Crippen LogP contribution in [0.2, 0.25) is 0 Å². The van der Waals surface area contributed by atoms with Gasteiger partial charge in [-0.25, -0.2) is 0 Å². The molecule has 2 nitrogen and oxygen atoms in total. The van der Waals surface area contributed by atoms with Gasteiger partial charge in [-0.3, -0.25) is 4.90 Å². The number of piperidine rings is 2. The Kier molecular flexibility index (Phi) is 4.48. The standard InChI is InChI=1S/C17H32N2/c1-2-15-5-7-16(8-6-15)19-12-4-10-17(14-19)9-3-11-18-13-17/h15-16,18H,2-14H2,1H3. The molecule has 110 valence electrons. The molecule has 1 atom stereocenters. The Balaban J connectivity index is 1.56. The maximum Gasteiger partial charge on any atom is 0.00957 e. The zero-order chi connectivity index (χ0) is 13.1. The van der Waals surface area contributed by atoms with Gasteiger partial charge in [0.2, 0.25) is 0 Å². The SMILES string of the molecule is CCC1CCC(N2CCCC3(CCCNC3)C2)CC1. The van der Waals surface area contributed by atoms with Gasteiger partial charge in [-0.2, -0.15) is 0 Å². The van der Waals surface area contributed by atoms with Gasteiger partial charge in [-0.15, -0.1) is 0 Å². The van der Waals surface area contributed by atoms with Crippen LogP contribution in [0.3, 0.4) is 0 Å². The Labute approximate surface area is 119 Å². The van der Waals surface area contributed by atoms with E-state index in [1.165, 1.54) is 84.0 Å². The largest absolute Gasteiger partial charge is 0.316 e. The van der Waals surface area contributed by atoms with E-state index >= 15 is 0 Å². The molecule has 1 saturated carbocycles. The predicted octanol–water partition coefficient (Wildman–Crippen LogP) is 3.42. The molecule has 0 bridgehead atoms. The quantitative estimate of drug-likeness (QED) is 0.822. The molecule has 0 aromatic rings. The van der Waals surface area contributed by atoms with Crippen molar-refractivity contribution in [2.45, 2.75) is 70.8 Å². The molecule has 0 radical (unpaired) electrons. The van der Waals surface area contributed by atoms with Crippen LogP contribution in [0, 0.1) is 11.3 Å². The minimum atomic E-state index is 0.637. The normalized spacial score (nSPS) is 41.5. The molecule has 1 aliphatic carbocycles. The lowest BCUT2D eigenvalue weighted by Crippen LogP contribution is -2.54. The lowest BCUT2D eigenvalue weighted by Gasteiger charge is -2.49. The minimum Gasteiger partial charge on any atom is -0.316 e. The van der Waals surface area contributed by atoms with Gasteiger partial charge < -0.3 is 5.32 Å². The van der Waals surface area contributed by atoms with Gasteiger partial charge in [0.1, 0.15) is 0 Å². The average molecular weight is 264 g/mol. The molecule has 0 aromatic carbocycles. The third-order valence-electron chi connectivity index (χ3n) is 6.16. The number of nitrogens with one attached hydrogen (secondary N) is 1. The van der Waals surface area contributed by atoms with E-state index in [-0.39, 0.29) is 0 Å². The Bertz CT molecular complexity index is 269. The van der Waals surface area contributed by atoms with Crippen LogP contribution in [0.5, 0.6) is 0 Å². The van der Waals surface area contributed by atoms with Gasteiger partial charge in [0.15, 0.2) is 0 Å². The second-order valence-electron chi connectivity index (χ2n) is 7.44. The first-order valence-electron chi connectivity index (χ1n) is 8.76. The first kappa shape index (κ1) is 13.9. The molecule has 2 heteroatoms. The molecule has 2 heterocycles. The molecule has 0 amide bonds. The monoisotopic (exact) mass is 264 g/mol. The Morgan fingerprint density at radius 1 is 1.11 bits per heavy atom. The zero-order valence-corrected chi connectivity index (χ0v) is 12.8. The third kappa shape index (κ3) is 3.16. The fraction of sp³-hybridized carbons (Fsp3) is 1.00. The summed E-state index contributed by atoms with van der Waals surface area (Å²) in [5.41, 5.74) is 0.637. The fourth-order valence-electron chi connectivity index (χ4n) is 4.85. The zero-order valence-electron chi connectivity index (χ0n) is 12.8. The van der Waals surface area contributed by atoms with E-state index in [1.54, 1.807) is 0 Å². The molecule has 1 spiro atoms. The van der Waals surface area contributed by atoms with Gasteiger partial charge in [-0.05, 0) is 75.8 Å². The Morgan fingerprint density at radius 2 is 1.89 bits per heavy atom. The maximum absolute atomic E-state index is 3.66. The van der Waals surface area contributed by atoms with Crippen molar-refractivity contribution >= 4 is 0 Å². The van der Waals surface area contributed by atoms with Crippen molar-refractivity contribution in [2.75, 3.05) is 26.2 Å². The van der Waals surface area contributed by atoms with Crippen LogP contribution in [0.25, 0.3) is 0 Å². The van der Waals surface area contributed by atoms with Crippen molar-refractivity contribution in [1.82, 2.24) is 10.2 Å². The van der Waals surface area contributed by atoms with Crippen molar-refractivity contribution in [2.24, 2.45) is 11.3 Å². The van der Waals surface area contributed by atoms with E-state index in [9.17, 15) is 0 Å². The molecule has 3 aliphatic rings. The van der Waals surface area contributed by atoms with Gasteiger partial charge in [0, 0.05) is 19.1 Å². The van der Waals surface area contributed by atoms with Crippen molar-refractivity contribution in [3.05, 3.63) is 0 Å². The van der Waals surface area contributed by atoms with Gasteiger partial charge in [-0.1, -0.05) is 13.3 Å². The van der Waals surface area contributed by atoms with Crippen molar-refractivity contribution in [3.8, 4) is 0 Å². The van der Waals surface area contributed by atoms with Crippen LogP contribution in [-0.2, 0) is 0 Å². The molecule has 2 saturated heterocycles. The molecular formula is C17H32N2. The van der Waals surface area contributed by atoms with Gasteiger partial charge in [0.05, 0.1) is 0 Å². The summed E-state index contributed by atoms with van der Waals surface area (Å²) in [6.45, 7) is 7.68. The van der Waals surface area contributed by atoms with E-state index in [1.807, 2.05) is 0 Å². The van der Waals surface area contributed by atoms with E-state index < -0.39 is 0 Å². The first-order chi connectivity index (χ1) is 9.31. The van der Waals surface area contributed by atoms with E-state index in [4.69, 9.17) is 0 Å². The summed E-state index contributed by atoms with van der Waals surface area (Å²) in [6.07, 6.45) is 13.1. The maximum atomic E-state index is 3.66. The number of nitrogens with zero attached hydrogens (tertiary/aromatic N) is 1. The summed E-state index contributed by atoms with van der Waals surface area (Å²) in [5.74, 6) is 1.03. The molecule has 2 aliphatic heterocycles. The molecule has 0 aromatic heterocycles. The first-order valence-corrected chi connectivity index (χ1v) is 8.76. The van der Waals surface area contributed by atoms with Gasteiger partial charge in [0.25, 0.3) is 0 Å². The van der Waals surface area contributed by atoms with E-state index in [0.717, 1.165) is 12.0 Å². The highest BCUT2D eigenvalue weighted by Crippen LogP contribution is 2.39. The Morgan fingerprint density at radius 3 is 2.58 bits per heavy atom. The second kappa shape index (κ2) is 6.13. The highest BCUT2D eigenvalue weighted by Gasteiger charge is 2.38. The minimum absolute atomic E-state index is 0.637.